The molecule has 0 amide bonds. The van der Waals surface area contributed by atoms with Crippen LogP contribution in [0.3, 0.4) is 0 Å². The number of hydrogen-bond donors (Lipinski definition) is 2. The fourth-order valence-electron chi connectivity index (χ4n) is 2.44. The molecule has 0 radical (unpaired) electrons. The quantitative estimate of drug-likeness (QED) is 0.221. The van der Waals surface area contributed by atoms with Crippen LogP contribution < -0.4 is 10.6 Å². The molecule has 0 bridgehead atoms. The van der Waals surface area contributed by atoms with Gasteiger partial charge < -0.3 is 15.4 Å². The van der Waals surface area contributed by atoms with Crippen LogP contribution in [0.1, 0.15) is 65.7 Å². The van der Waals surface area contributed by atoms with E-state index >= 15 is 0 Å². The monoisotopic (exact) mass is 411 g/mol. The number of guanidine groups is 1. The third-order valence-corrected chi connectivity index (χ3v) is 3.86. The number of rotatable bonds is 7. The van der Waals surface area contributed by atoms with Gasteiger partial charge >= 0.3 is 0 Å². The maximum atomic E-state index is 5.96. The van der Waals surface area contributed by atoms with Crippen molar-refractivity contribution in [2.75, 3.05) is 19.7 Å². The summed E-state index contributed by atoms with van der Waals surface area (Å²) in [6.45, 7) is 8.82. The normalized spacial score (nSPS) is 18.5. The first kappa shape index (κ1) is 21.0. The molecule has 126 valence electrons. The lowest BCUT2D eigenvalue weighted by Gasteiger charge is -2.17. The fourth-order valence-corrected chi connectivity index (χ4v) is 2.44. The second kappa shape index (κ2) is 13.6. The summed E-state index contributed by atoms with van der Waals surface area (Å²) in [6.07, 6.45) is 9.44. The van der Waals surface area contributed by atoms with E-state index in [1.54, 1.807) is 0 Å². The number of hydrogen-bond acceptors (Lipinski definition) is 2. The van der Waals surface area contributed by atoms with E-state index in [9.17, 15) is 0 Å². The molecule has 1 atom stereocenters. The van der Waals surface area contributed by atoms with E-state index in [0.717, 1.165) is 32.1 Å². The third-order valence-electron chi connectivity index (χ3n) is 3.86. The molecule has 1 fully saturated rings. The van der Waals surface area contributed by atoms with Crippen molar-refractivity contribution in [1.29, 1.82) is 0 Å². The van der Waals surface area contributed by atoms with Crippen LogP contribution in [0.25, 0.3) is 0 Å². The van der Waals surface area contributed by atoms with Crippen LogP contribution in [0.2, 0.25) is 0 Å². The summed E-state index contributed by atoms with van der Waals surface area (Å²) >= 11 is 0. The van der Waals surface area contributed by atoms with E-state index in [-0.39, 0.29) is 24.0 Å². The number of nitrogens with one attached hydrogen (secondary N) is 2. The minimum Gasteiger partial charge on any atom is -0.376 e. The van der Waals surface area contributed by atoms with Crippen LogP contribution in [0.4, 0.5) is 0 Å². The predicted octanol–water partition coefficient (Wildman–Crippen LogP) is 3.70. The van der Waals surface area contributed by atoms with Crippen LogP contribution in [-0.2, 0) is 4.74 Å². The first-order valence-corrected chi connectivity index (χ1v) is 8.42. The summed E-state index contributed by atoms with van der Waals surface area (Å²) < 4.78 is 5.96. The summed E-state index contributed by atoms with van der Waals surface area (Å²) in [5.74, 6) is 0.909. The van der Waals surface area contributed by atoms with Gasteiger partial charge in [0.05, 0.1) is 19.3 Å². The van der Waals surface area contributed by atoms with Crippen LogP contribution in [-0.4, -0.2) is 37.8 Å². The molecule has 0 aromatic heterocycles. The zero-order valence-electron chi connectivity index (χ0n) is 14.0. The zero-order valence-corrected chi connectivity index (χ0v) is 16.3. The third kappa shape index (κ3) is 10.3. The Hall–Kier alpha value is -0.0400. The van der Waals surface area contributed by atoms with E-state index in [1.807, 2.05) is 0 Å². The van der Waals surface area contributed by atoms with Crippen LogP contribution in [0.5, 0.6) is 0 Å². The molecule has 0 saturated heterocycles. The molecule has 0 aromatic rings. The van der Waals surface area contributed by atoms with Crippen molar-refractivity contribution in [3.8, 4) is 0 Å². The Kier molecular flexibility index (Phi) is 13.6. The molecular weight excluding hydrogens is 377 g/mol. The van der Waals surface area contributed by atoms with E-state index in [0.29, 0.717) is 12.1 Å². The molecular formula is C16H34IN3O. The van der Waals surface area contributed by atoms with Crippen molar-refractivity contribution >= 4 is 29.9 Å². The SMILES string of the molecule is CCNC(=NCCOC1CCCCCC1)NC(C)CC.I. The van der Waals surface area contributed by atoms with Gasteiger partial charge in [0.25, 0.3) is 0 Å². The smallest absolute Gasteiger partial charge is 0.191 e. The van der Waals surface area contributed by atoms with Gasteiger partial charge in [-0.2, -0.15) is 0 Å². The molecule has 1 saturated carbocycles. The highest BCUT2D eigenvalue weighted by molar-refractivity contribution is 14.0. The van der Waals surface area contributed by atoms with Crippen LogP contribution >= 0.6 is 24.0 Å². The molecule has 0 heterocycles. The van der Waals surface area contributed by atoms with Gasteiger partial charge in [0.1, 0.15) is 0 Å². The summed E-state index contributed by atoms with van der Waals surface area (Å²) in [5.41, 5.74) is 0. The highest BCUT2D eigenvalue weighted by atomic mass is 127. The lowest BCUT2D eigenvalue weighted by molar-refractivity contribution is 0.0487. The minimum absolute atomic E-state index is 0. The second-order valence-corrected chi connectivity index (χ2v) is 5.70. The maximum Gasteiger partial charge on any atom is 0.191 e. The van der Waals surface area contributed by atoms with Gasteiger partial charge in [-0.15, -0.1) is 24.0 Å². The lowest BCUT2D eigenvalue weighted by atomic mass is 10.1. The Morgan fingerprint density at radius 3 is 2.43 bits per heavy atom. The van der Waals surface area contributed by atoms with Crippen molar-refractivity contribution in [3.63, 3.8) is 0 Å². The molecule has 1 unspecified atom stereocenters. The van der Waals surface area contributed by atoms with Crippen molar-refractivity contribution in [1.82, 2.24) is 10.6 Å². The van der Waals surface area contributed by atoms with Gasteiger partial charge in [0.2, 0.25) is 0 Å². The Labute approximate surface area is 147 Å². The molecule has 5 heteroatoms. The highest BCUT2D eigenvalue weighted by Gasteiger charge is 2.11. The molecule has 21 heavy (non-hydrogen) atoms. The van der Waals surface area contributed by atoms with Gasteiger partial charge in [0.15, 0.2) is 5.96 Å². The average molecular weight is 411 g/mol. The van der Waals surface area contributed by atoms with Gasteiger partial charge in [-0.3, -0.25) is 4.99 Å². The number of nitrogens with zero attached hydrogens (tertiary/aromatic N) is 1. The minimum atomic E-state index is 0. The summed E-state index contributed by atoms with van der Waals surface area (Å²) in [6, 6.07) is 0.454. The van der Waals surface area contributed by atoms with E-state index in [2.05, 4.69) is 36.4 Å². The van der Waals surface area contributed by atoms with E-state index < -0.39 is 0 Å². The molecule has 0 spiro atoms. The molecule has 4 nitrogen and oxygen atoms in total. The summed E-state index contributed by atoms with van der Waals surface area (Å²) in [7, 11) is 0. The van der Waals surface area contributed by atoms with E-state index in [1.165, 1.54) is 38.5 Å². The molecule has 0 aliphatic heterocycles. The Morgan fingerprint density at radius 2 is 1.86 bits per heavy atom. The van der Waals surface area contributed by atoms with Crippen molar-refractivity contribution in [2.24, 2.45) is 4.99 Å². The predicted molar refractivity (Wildman–Crippen MR) is 102 cm³/mol. The molecule has 2 N–H and O–H groups in total. The number of ether oxygens (including phenoxy) is 1. The zero-order chi connectivity index (χ0) is 14.6. The summed E-state index contributed by atoms with van der Waals surface area (Å²) in [5, 5.41) is 6.68. The van der Waals surface area contributed by atoms with Crippen LogP contribution in [0, 0.1) is 0 Å². The first-order valence-electron chi connectivity index (χ1n) is 8.42. The maximum absolute atomic E-state index is 5.96. The van der Waals surface area contributed by atoms with Crippen molar-refractivity contribution in [2.45, 2.75) is 77.9 Å². The molecule has 1 aliphatic rings. The molecule has 1 aliphatic carbocycles. The van der Waals surface area contributed by atoms with Gasteiger partial charge in [-0.25, -0.2) is 0 Å². The Bertz CT molecular complexity index is 266. The Balaban J connectivity index is 0.00000400. The van der Waals surface area contributed by atoms with Gasteiger partial charge in [-0.05, 0) is 33.1 Å². The van der Waals surface area contributed by atoms with Crippen molar-refractivity contribution in [3.05, 3.63) is 0 Å². The van der Waals surface area contributed by atoms with Gasteiger partial charge in [0, 0.05) is 12.6 Å². The molecule has 0 aromatic carbocycles. The van der Waals surface area contributed by atoms with Crippen LogP contribution in [0.15, 0.2) is 4.99 Å². The standard InChI is InChI=1S/C16H33N3O.HI/c1-4-14(3)19-16(17-5-2)18-12-13-20-15-10-8-6-7-9-11-15;/h14-15H,4-13H2,1-3H3,(H2,17,18,19);1H. The number of halogens is 1. The van der Waals surface area contributed by atoms with E-state index in [4.69, 9.17) is 4.74 Å². The first-order chi connectivity index (χ1) is 9.76. The van der Waals surface area contributed by atoms with Gasteiger partial charge in [-0.1, -0.05) is 32.6 Å². The topological polar surface area (TPSA) is 45.7 Å². The largest absolute Gasteiger partial charge is 0.376 e. The Morgan fingerprint density at radius 1 is 1.19 bits per heavy atom. The molecule has 1 rings (SSSR count). The number of aliphatic imine (C=N–C) groups is 1. The second-order valence-electron chi connectivity index (χ2n) is 5.70. The fraction of sp³-hybridized carbons (Fsp3) is 0.938. The summed E-state index contributed by atoms with van der Waals surface area (Å²) in [4.78, 5) is 4.58. The highest BCUT2D eigenvalue weighted by Crippen LogP contribution is 2.19. The average Bonchev–Trinajstić information content (AvgIpc) is 2.72. The lowest BCUT2D eigenvalue weighted by Crippen LogP contribution is -2.42. The van der Waals surface area contributed by atoms with Crippen molar-refractivity contribution < 1.29 is 4.74 Å².